The molecular formula is C30H50O4. The molecule has 4 nitrogen and oxygen atoms in total. The van der Waals surface area contributed by atoms with Crippen LogP contribution in [0.25, 0.3) is 0 Å². The van der Waals surface area contributed by atoms with Crippen LogP contribution in [0.3, 0.4) is 0 Å². The first-order valence-electron chi connectivity index (χ1n) is 14.5. The van der Waals surface area contributed by atoms with Crippen molar-refractivity contribution in [2.45, 2.75) is 136 Å². The Kier molecular flexibility index (Phi) is 6.24. The fraction of sp³-hybridized carbons (Fsp3) is 0.967. The number of hydrogen-bond donors (Lipinski definition) is 0. The number of carbonyl (C=O) groups excluding carboxylic acids is 1. The van der Waals surface area contributed by atoms with Crippen LogP contribution < -0.4 is 0 Å². The third kappa shape index (κ3) is 3.47. The van der Waals surface area contributed by atoms with Gasteiger partial charge in [-0.25, -0.2) is 9.78 Å². The van der Waals surface area contributed by atoms with Gasteiger partial charge in [0.2, 0.25) is 0 Å². The molecule has 6 rings (SSSR count). The maximum absolute atomic E-state index is 11.7. The van der Waals surface area contributed by atoms with Gasteiger partial charge in [0.15, 0.2) is 0 Å². The molecule has 0 aromatic heterocycles. The highest BCUT2D eigenvalue weighted by molar-refractivity contribution is 5.66. The average Bonchev–Trinajstić information content (AvgIpc) is 3.14. The van der Waals surface area contributed by atoms with Crippen molar-refractivity contribution >= 4 is 5.97 Å². The van der Waals surface area contributed by atoms with Crippen molar-refractivity contribution in [2.24, 2.45) is 46.3 Å². The molecule has 0 amide bonds. The molecule has 2 heterocycles. The molecule has 194 valence electrons. The lowest BCUT2D eigenvalue weighted by molar-refractivity contribution is -0.536. The molecule has 34 heavy (non-hydrogen) atoms. The van der Waals surface area contributed by atoms with Crippen LogP contribution in [0.5, 0.6) is 0 Å². The van der Waals surface area contributed by atoms with Crippen LogP contribution in [0.1, 0.15) is 119 Å². The maximum atomic E-state index is 11.7. The molecular weight excluding hydrogens is 424 g/mol. The predicted molar refractivity (Wildman–Crippen MR) is 134 cm³/mol. The van der Waals surface area contributed by atoms with Crippen LogP contribution >= 0.6 is 0 Å². The van der Waals surface area contributed by atoms with Gasteiger partial charge in [-0.3, -0.25) is 4.79 Å². The van der Waals surface area contributed by atoms with E-state index in [-0.39, 0.29) is 28.7 Å². The lowest BCUT2D eigenvalue weighted by atomic mass is 9.40. The summed E-state index contributed by atoms with van der Waals surface area (Å²) < 4.78 is 5.67. The first kappa shape index (κ1) is 25.1. The van der Waals surface area contributed by atoms with Gasteiger partial charge in [0.1, 0.15) is 17.3 Å². The Morgan fingerprint density at radius 3 is 2.32 bits per heavy atom. The fourth-order valence-corrected chi connectivity index (χ4v) is 10.1. The summed E-state index contributed by atoms with van der Waals surface area (Å²) in [6, 6.07) is 0. The molecule has 0 aromatic rings. The van der Waals surface area contributed by atoms with E-state index >= 15 is 0 Å². The van der Waals surface area contributed by atoms with E-state index in [1.54, 1.807) is 0 Å². The van der Waals surface area contributed by atoms with Crippen LogP contribution in [0.15, 0.2) is 0 Å². The van der Waals surface area contributed by atoms with E-state index in [0.29, 0.717) is 17.3 Å². The summed E-state index contributed by atoms with van der Waals surface area (Å²) in [4.78, 5) is 24.8. The second kappa shape index (κ2) is 8.47. The quantitative estimate of drug-likeness (QED) is 0.295. The molecule has 6 aliphatic rings. The fourth-order valence-electron chi connectivity index (χ4n) is 10.1. The van der Waals surface area contributed by atoms with Gasteiger partial charge in [-0.15, -0.1) is 0 Å². The Balaban J connectivity index is 1.36. The van der Waals surface area contributed by atoms with Gasteiger partial charge in [0.05, 0.1) is 0 Å². The van der Waals surface area contributed by atoms with Crippen molar-refractivity contribution in [3.05, 3.63) is 0 Å². The second-order valence-electron chi connectivity index (χ2n) is 14.1. The van der Waals surface area contributed by atoms with Crippen LogP contribution in [-0.4, -0.2) is 23.3 Å². The van der Waals surface area contributed by atoms with Gasteiger partial charge >= 0.3 is 5.97 Å². The van der Waals surface area contributed by atoms with E-state index in [1.807, 2.05) is 0 Å². The average molecular weight is 475 g/mol. The molecule has 2 aliphatic heterocycles. The van der Waals surface area contributed by atoms with Crippen molar-refractivity contribution in [1.82, 2.24) is 0 Å². The summed E-state index contributed by atoms with van der Waals surface area (Å²) in [6.07, 6.45) is 12.9. The lowest BCUT2D eigenvalue weighted by Crippen LogP contribution is -2.75. The Morgan fingerprint density at radius 1 is 0.912 bits per heavy atom. The van der Waals surface area contributed by atoms with Gasteiger partial charge in [-0.2, -0.15) is 0 Å². The Bertz CT molecular complexity index is 783. The van der Waals surface area contributed by atoms with Crippen molar-refractivity contribution in [3.63, 3.8) is 0 Å². The van der Waals surface area contributed by atoms with Crippen LogP contribution in [0.2, 0.25) is 0 Å². The van der Waals surface area contributed by atoms with Gasteiger partial charge in [0.25, 0.3) is 0 Å². The zero-order valence-electron chi connectivity index (χ0n) is 23.0. The standard InChI is InChI=1S/C30H50O4/c1-19(2)20(3)8-9-21(4)24-10-11-25-27(24,6)14-13-26-28(7)15-12-23(32-22(5)31)18-29(28)16-17-30(25,26)34-33-29/h19-21,23-26H,8-18H2,1-7H3/t20-,21+,23+,24-,25-,26-,27+,28+,29+,30-/m0/s1. The molecule has 0 radical (unpaired) electrons. The van der Waals surface area contributed by atoms with E-state index in [4.69, 9.17) is 14.5 Å². The summed E-state index contributed by atoms with van der Waals surface area (Å²) in [5.74, 6) is 4.17. The minimum absolute atomic E-state index is 0.0291. The number of esters is 1. The van der Waals surface area contributed by atoms with E-state index in [9.17, 15) is 4.79 Å². The summed E-state index contributed by atoms with van der Waals surface area (Å²) in [5, 5.41) is 0. The minimum Gasteiger partial charge on any atom is -0.462 e. The largest absolute Gasteiger partial charge is 0.462 e. The Morgan fingerprint density at radius 2 is 1.68 bits per heavy atom. The molecule has 2 spiro atoms. The van der Waals surface area contributed by atoms with Crippen molar-refractivity contribution < 1.29 is 19.3 Å². The lowest BCUT2D eigenvalue weighted by Gasteiger charge is -2.72. The third-order valence-corrected chi connectivity index (χ3v) is 12.4. The van der Waals surface area contributed by atoms with E-state index < -0.39 is 0 Å². The summed E-state index contributed by atoms with van der Waals surface area (Å²) in [5.41, 5.74) is 0.0855. The smallest absolute Gasteiger partial charge is 0.302 e. The summed E-state index contributed by atoms with van der Waals surface area (Å²) >= 11 is 0. The first-order chi connectivity index (χ1) is 16.0. The molecule has 2 saturated heterocycles. The highest BCUT2D eigenvalue weighted by Gasteiger charge is 2.76. The number of ether oxygens (including phenoxy) is 1. The minimum atomic E-state index is -0.288. The number of carbonyl (C=O) groups is 1. The molecule has 0 unspecified atom stereocenters. The van der Waals surface area contributed by atoms with Crippen LogP contribution in [0.4, 0.5) is 0 Å². The van der Waals surface area contributed by atoms with Crippen molar-refractivity contribution in [1.29, 1.82) is 0 Å². The van der Waals surface area contributed by atoms with E-state index in [2.05, 4.69) is 41.5 Å². The van der Waals surface area contributed by atoms with E-state index in [1.165, 1.54) is 45.4 Å². The number of rotatable bonds is 6. The van der Waals surface area contributed by atoms with Gasteiger partial charge in [0, 0.05) is 18.8 Å². The normalized spacial score (nSPS) is 49.2. The molecule has 4 aliphatic carbocycles. The van der Waals surface area contributed by atoms with Crippen molar-refractivity contribution in [3.8, 4) is 0 Å². The summed E-state index contributed by atoms with van der Waals surface area (Å²) in [6.45, 7) is 16.3. The van der Waals surface area contributed by atoms with Crippen LogP contribution in [0, 0.1) is 46.3 Å². The van der Waals surface area contributed by atoms with E-state index in [0.717, 1.165) is 55.8 Å². The topological polar surface area (TPSA) is 44.8 Å². The second-order valence-corrected chi connectivity index (χ2v) is 14.1. The third-order valence-electron chi connectivity index (χ3n) is 12.4. The maximum Gasteiger partial charge on any atom is 0.302 e. The molecule has 4 saturated carbocycles. The molecule has 2 bridgehead atoms. The van der Waals surface area contributed by atoms with Gasteiger partial charge in [-0.05, 0) is 92.3 Å². The molecule has 4 heteroatoms. The highest BCUT2D eigenvalue weighted by atomic mass is 17.2. The molecule has 10 atom stereocenters. The van der Waals surface area contributed by atoms with Crippen LogP contribution in [-0.2, 0) is 19.3 Å². The number of fused-ring (bicyclic) bond motifs is 3. The van der Waals surface area contributed by atoms with Gasteiger partial charge in [-0.1, -0.05) is 54.4 Å². The molecule has 6 fully saturated rings. The summed E-state index contributed by atoms with van der Waals surface area (Å²) in [7, 11) is 0. The molecule has 0 N–H and O–H groups in total. The zero-order chi connectivity index (χ0) is 24.5. The Labute approximate surface area is 208 Å². The van der Waals surface area contributed by atoms with Gasteiger partial charge < -0.3 is 4.74 Å². The Hall–Kier alpha value is -0.610. The monoisotopic (exact) mass is 474 g/mol. The predicted octanol–water partition coefficient (Wildman–Crippen LogP) is 7.49. The SMILES string of the molecule is CC(=O)O[C@@H]1CC[C@]2(C)[C@@H]3CC[C@]4(C)[C@H]([C@H](C)CC[C@H](C)C(C)C)CC[C@@H]4[C@@]34CC[C@]2(C1)OO4. The molecule has 0 aromatic carbocycles. The zero-order valence-corrected chi connectivity index (χ0v) is 23.0. The number of hydrogen-bond acceptors (Lipinski definition) is 4. The first-order valence-corrected chi connectivity index (χ1v) is 14.5. The van der Waals surface area contributed by atoms with Crippen molar-refractivity contribution in [2.75, 3.05) is 0 Å². The highest BCUT2D eigenvalue weighted by Crippen LogP contribution is 2.74.